The van der Waals surface area contributed by atoms with Gasteiger partial charge >= 0.3 is 0 Å². The second-order valence-corrected chi connectivity index (χ2v) is 7.14. The van der Waals surface area contributed by atoms with Crippen molar-refractivity contribution in [2.45, 2.75) is 6.42 Å². The third-order valence-corrected chi connectivity index (χ3v) is 4.95. The second kappa shape index (κ2) is 9.49. The maximum Gasteiger partial charge on any atom is 0.265 e. The summed E-state index contributed by atoms with van der Waals surface area (Å²) >= 11 is 0. The van der Waals surface area contributed by atoms with Crippen molar-refractivity contribution in [2.24, 2.45) is 0 Å². The highest BCUT2D eigenvalue weighted by Gasteiger charge is 2.11. The molecule has 5 heteroatoms. The Labute approximate surface area is 178 Å². The molecule has 0 aromatic heterocycles. The maximum atomic E-state index is 9.05. The Balaban J connectivity index is 1.72. The first-order chi connectivity index (χ1) is 14.5. The van der Waals surface area contributed by atoms with Crippen LogP contribution in [-0.2, 0) is 4.74 Å². The Hall–Kier alpha value is -3.96. The van der Waals surface area contributed by atoms with Crippen LogP contribution < -0.4 is 9.80 Å². The molecule has 3 rings (SSSR count). The van der Waals surface area contributed by atoms with Crippen LogP contribution in [0.2, 0.25) is 0 Å². The summed E-state index contributed by atoms with van der Waals surface area (Å²) in [6.07, 6.45) is 6.19. The number of nitrogens with zero attached hydrogens (tertiary/aromatic N) is 4. The summed E-state index contributed by atoms with van der Waals surface area (Å²) in [5.74, 6) is 0.662. The van der Waals surface area contributed by atoms with Crippen LogP contribution in [0, 0.1) is 17.9 Å². The SMILES string of the molecule is [C-]#[N+]/C(C#N)=C1C=C(/C=C/c2ccc(N(C)c3ccc(N(C)C)cc3)cc2)OCC\1. The van der Waals surface area contributed by atoms with E-state index in [0.717, 1.165) is 22.5 Å². The zero-order valence-electron chi connectivity index (χ0n) is 17.5. The molecule has 0 bridgehead atoms. The molecule has 0 saturated carbocycles. The van der Waals surface area contributed by atoms with E-state index < -0.39 is 0 Å². The number of ether oxygens (including phenoxy) is 1. The van der Waals surface area contributed by atoms with E-state index in [1.165, 1.54) is 5.69 Å². The van der Waals surface area contributed by atoms with Crippen LogP contribution in [0.1, 0.15) is 12.0 Å². The molecule has 1 aliphatic heterocycles. The number of hydrogen-bond donors (Lipinski definition) is 0. The summed E-state index contributed by atoms with van der Waals surface area (Å²) < 4.78 is 5.63. The van der Waals surface area contributed by atoms with Gasteiger partial charge in [0, 0.05) is 38.2 Å². The molecule has 1 heterocycles. The zero-order chi connectivity index (χ0) is 21.5. The lowest BCUT2D eigenvalue weighted by molar-refractivity contribution is 0.219. The van der Waals surface area contributed by atoms with E-state index in [4.69, 9.17) is 16.6 Å². The number of anilines is 3. The van der Waals surface area contributed by atoms with Gasteiger partial charge in [-0.1, -0.05) is 18.2 Å². The van der Waals surface area contributed by atoms with Crippen LogP contribution in [0.4, 0.5) is 17.1 Å². The summed E-state index contributed by atoms with van der Waals surface area (Å²) in [6, 6.07) is 18.6. The predicted octanol–water partition coefficient (Wildman–Crippen LogP) is 5.53. The molecule has 0 unspecified atom stereocenters. The van der Waals surface area contributed by atoms with Crippen molar-refractivity contribution in [1.29, 1.82) is 5.26 Å². The first kappa shape index (κ1) is 20.8. The van der Waals surface area contributed by atoms with Crippen LogP contribution in [0.15, 0.2) is 77.7 Å². The van der Waals surface area contributed by atoms with Crippen molar-refractivity contribution in [1.82, 2.24) is 0 Å². The summed E-state index contributed by atoms with van der Waals surface area (Å²) in [4.78, 5) is 7.51. The van der Waals surface area contributed by atoms with Crippen LogP contribution in [-0.4, -0.2) is 27.7 Å². The van der Waals surface area contributed by atoms with Gasteiger partial charge in [0.2, 0.25) is 0 Å². The topological polar surface area (TPSA) is 43.9 Å². The molecule has 30 heavy (non-hydrogen) atoms. The van der Waals surface area contributed by atoms with Crippen LogP contribution >= 0.6 is 0 Å². The summed E-state index contributed by atoms with van der Waals surface area (Å²) in [6.45, 7) is 7.57. The third-order valence-electron chi connectivity index (χ3n) is 4.95. The molecule has 0 atom stereocenters. The molecule has 0 radical (unpaired) electrons. The van der Waals surface area contributed by atoms with Crippen LogP contribution in [0.25, 0.3) is 10.9 Å². The fraction of sp³-hybridized carbons (Fsp3) is 0.200. The number of benzene rings is 2. The van der Waals surface area contributed by atoms with Gasteiger partial charge < -0.3 is 14.5 Å². The minimum atomic E-state index is 0.134. The summed E-state index contributed by atoms with van der Waals surface area (Å²) in [5, 5.41) is 9.05. The quantitative estimate of drug-likeness (QED) is 0.492. The molecule has 5 nitrogen and oxygen atoms in total. The average molecular weight is 396 g/mol. The third kappa shape index (κ3) is 4.90. The highest BCUT2D eigenvalue weighted by molar-refractivity contribution is 5.66. The number of hydrogen-bond acceptors (Lipinski definition) is 4. The molecule has 150 valence electrons. The van der Waals surface area contributed by atoms with Gasteiger partial charge in [-0.2, -0.15) is 0 Å². The molecular weight excluding hydrogens is 372 g/mol. The van der Waals surface area contributed by atoms with Gasteiger partial charge in [0.05, 0.1) is 19.2 Å². The van der Waals surface area contributed by atoms with Crippen molar-refractivity contribution < 1.29 is 4.74 Å². The Kier molecular flexibility index (Phi) is 6.57. The largest absolute Gasteiger partial charge is 0.493 e. The van der Waals surface area contributed by atoms with Crippen molar-refractivity contribution >= 4 is 23.1 Å². The van der Waals surface area contributed by atoms with Gasteiger partial charge in [0.15, 0.2) is 0 Å². The maximum absolute atomic E-state index is 9.05. The van der Waals surface area contributed by atoms with E-state index in [9.17, 15) is 0 Å². The Morgan fingerprint density at radius 2 is 1.60 bits per heavy atom. The lowest BCUT2D eigenvalue weighted by Gasteiger charge is -2.21. The number of allylic oxidation sites excluding steroid dienone is 3. The average Bonchev–Trinajstić information content (AvgIpc) is 2.79. The van der Waals surface area contributed by atoms with Gasteiger partial charge in [0.1, 0.15) is 5.76 Å². The minimum absolute atomic E-state index is 0.134. The van der Waals surface area contributed by atoms with Crippen molar-refractivity contribution in [2.75, 3.05) is 37.5 Å². The highest BCUT2D eigenvalue weighted by atomic mass is 16.5. The fourth-order valence-corrected chi connectivity index (χ4v) is 3.13. The molecule has 0 fully saturated rings. The Morgan fingerprint density at radius 3 is 2.17 bits per heavy atom. The zero-order valence-corrected chi connectivity index (χ0v) is 17.5. The van der Waals surface area contributed by atoms with E-state index in [1.54, 1.807) is 6.08 Å². The van der Waals surface area contributed by atoms with E-state index in [-0.39, 0.29) is 5.70 Å². The van der Waals surface area contributed by atoms with E-state index in [2.05, 4.69) is 63.2 Å². The summed E-state index contributed by atoms with van der Waals surface area (Å²) in [5.41, 5.74) is 5.30. The highest BCUT2D eigenvalue weighted by Crippen LogP contribution is 2.26. The molecular formula is C25H24N4O. The number of rotatable bonds is 5. The van der Waals surface area contributed by atoms with Gasteiger partial charge in [0.25, 0.3) is 5.70 Å². The second-order valence-electron chi connectivity index (χ2n) is 7.14. The van der Waals surface area contributed by atoms with Crippen molar-refractivity contribution in [3.05, 3.63) is 94.7 Å². The van der Waals surface area contributed by atoms with Gasteiger partial charge in [-0.3, -0.25) is 0 Å². The van der Waals surface area contributed by atoms with E-state index in [0.29, 0.717) is 18.8 Å². The first-order valence-corrected chi connectivity index (χ1v) is 9.66. The predicted molar refractivity (Wildman–Crippen MR) is 122 cm³/mol. The lowest BCUT2D eigenvalue weighted by Crippen LogP contribution is -2.11. The molecule has 0 saturated heterocycles. The normalized spacial score (nSPS) is 14.9. The molecule has 0 aliphatic carbocycles. The Morgan fingerprint density at radius 1 is 1.00 bits per heavy atom. The van der Waals surface area contributed by atoms with Gasteiger partial charge in [-0.05, 0) is 66.1 Å². The molecule has 2 aromatic rings. The first-order valence-electron chi connectivity index (χ1n) is 9.66. The number of nitriles is 1. The minimum Gasteiger partial charge on any atom is -0.493 e. The van der Waals surface area contributed by atoms with Crippen molar-refractivity contribution in [3.8, 4) is 6.07 Å². The summed E-state index contributed by atoms with van der Waals surface area (Å²) in [7, 11) is 6.11. The fourth-order valence-electron chi connectivity index (χ4n) is 3.13. The molecule has 0 amide bonds. The molecule has 1 aliphatic rings. The van der Waals surface area contributed by atoms with Crippen molar-refractivity contribution in [3.63, 3.8) is 0 Å². The van der Waals surface area contributed by atoms with E-state index in [1.807, 2.05) is 39.4 Å². The molecule has 0 N–H and O–H groups in total. The van der Waals surface area contributed by atoms with E-state index >= 15 is 0 Å². The van der Waals surface area contributed by atoms with Gasteiger partial charge in [-0.25, -0.2) is 10.1 Å². The van der Waals surface area contributed by atoms with Crippen LogP contribution in [0.5, 0.6) is 0 Å². The smallest absolute Gasteiger partial charge is 0.265 e. The standard InChI is InChI=1S/C25H24N4O/c1-27-25(18-26)20-15-16-30-24(17-20)14-7-19-5-8-22(9-6-19)29(4)23-12-10-21(11-13-23)28(2)3/h5-14,17H,15-16H2,2-4H3/b14-7+,25-20-. The Bertz CT molecular complexity index is 1050. The monoisotopic (exact) mass is 396 g/mol. The lowest BCUT2D eigenvalue weighted by atomic mass is 10.1. The molecule has 0 spiro atoms. The van der Waals surface area contributed by atoms with Crippen LogP contribution in [0.3, 0.4) is 0 Å². The van der Waals surface area contributed by atoms with Gasteiger partial charge in [-0.15, -0.1) is 0 Å². The molecule has 2 aromatic carbocycles.